The van der Waals surface area contributed by atoms with E-state index in [1.54, 1.807) is 6.08 Å². The second kappa shape index (κ2) is 6.48. The number of thioether (sulfide) groups is 1. The van der Waals surface area contributed by atoms with Gasteiger partial charge in [0.25, 0.3) is 11.1 Å². The van der Waals surface area contributed by atoms with Gasteiger partial charge in [0.05, 0.1) is 11.3 Å². The second-order valence-corrected chi connectivity index (χ2v) is 5.43. The van der Waals surface area contributed by atoms with Crippen LogP contribution in [0.4, 0.5) is 0 Å². The standard InChI is InChI=1S/C15H14N4O2S/c1-2-7-16-13(20)9-22-15-19-18-14(21-15)11-8-17-12-6-4-3-5-10(11)12/h2-6,8,17H,1,7,9H2,(H,16,20). The number of nitrogens with one attached hydrogen (secondary N) is 2. The molecule has 2 aromatic heterocycles. The van der Waals surface area contributed by atoms with Gasteiger partial charge in [0.2, 0.25) is 5.91 Å². The van der Waals surface area contributed by atoms with Gasteiger partial charge in [-0.2, -0.15) is 0 Å². The normalized spacial score (nSPS) is 10.7. The number of benzene rings is 1. The van der Waals surface area contributed by atoms with Gasteiger partial charge in [0.15, 0.2) is 0 Å². The van der Waals surface area contributed by atoms with Gasteiger partial charge in [0.1, 0.15) is 0 Å². The third kappa shape index (κ3) is 3.04. The lowest BCUT2D eigenvalue weighted by molar-refractivity contribution is -0.118. The summed E-state index contributed by atoms with van der Waals surface area (Å²) in [4.78, 5) is 14.7. The van der Waals surface area contributed by atoms with Gasteiger partial charge in [-0.3, -0.25) is 4.79 Å². The highest BCUT2D eigenvalue weighted by Gasteiger charge is 2.14. The van der Waals surface area contributed by atoms with Crippen molar-refractivity contribution >= 4 is 28.6 Å². The summed E-state index contributed by atoms with van der Waals surface area (Å²) in [6, 6.07) is 7.88. The summed E-state index contributed by atoms with van der Waals surface area (Å²) < 4.78 is 5.61. The van der Waals surface area contributed by atoms with Crippen LogP contribution in [-0.4, -0.2) is 33.4 Å². The fourth-order valence-corrected chi connectivity index (χ4v) is 2.58. The molecule has 0 unspecified atom stereocenters. The van der Waals surface area contributed by atoms with Crippen molar-refractivity contribution in [3.8, 4) is 11.5 Å². The van der Waals surface area contributed by atoms with Gasteiger partial charge in [-0.05, 0) is 6.07 Å². The van der Waals surface area contributed by atoms with Crippen LogP contribution in [0.15, 0.2) is 52.8 Å². The van der Waals surface area contributed by atoms with Crippen molar-refractivity contribution in [2.45, 2.75) is 5.22 Å². The zero-order chi connectivity index (χ0) is 15.4. The summed E-state index contributed by atoms with van der Waals surface area (Å²) in [5, 5.41) is 12.1. The number of aromatic amines is 1. The number of amides is 1. The maximum atomic E-state index is 11.5. The molecule has 0 aliphatic heterocycles. The molecule has 0 bridgehead atoms. The van der Waals surface area contributed by atoms with Gasteiger partial charge in [-0.25, -0.2) is 0 Å². The lowest BCUT2D eigenvalue weighted by Crippen LogP contribution is -2.24. The van der Waals surface area contributed by atoms with Crippen LogP contribution in [0.5, 0.6) is 0 Å². The van der Waals surface area contributed by atoms with Gasteiger partial charge in [-0.15, -0.1) is 16.8 Å². The molecule has 2 N–H and O–H groups in total. The molecule has 0 aliphatic carbocycles. The topological polar surface area (TPSA) is 83.8 Å². The summed E-state index contributed by atoms with van der Waals surface area (Å²) in [7, 11) is 0. The molecule has 0 aliphatic rings. The Labute approximate surface area is 131 Å². The van der Waals surface area contributed by atoms with Gasteiger partial charge in [-0.1, -0.05) is 36.0 Å². The van der Waals surface area contributed by atoms with E-state index >= 15 is 0 Å². The van der Waals surface area contributed by atoms with Crippen molar-refractivity contribution in [2.24, 2.45) is 0 Å². The first-order chi connectivity index (χ1) is 10.8. The monoisotopic (exact) mass is 314 g/mol. The first-order valence-corrected chi connectivity index (χ1v) is 7.67. The third-order valence-corrected chi connectivity index (χ3v) is 3.81. The molecule has 0 radical (unpaired) electrons. The second-order valence-electron chi connectivity index (χ2n) is 4.50. The van der Waals surface area contributed by atoms with Crippen LogP contribution in [0, 0.1) is 0 Å². The molecule has 2 heterocycles. The van der Waals surface area contributed by atoms with E-state index in [4.69, 9.17) is 4.42 Å². The van der Waals surface area contributed by atoms with E-state index in [0.717, 1.165) is 16.5 Å². The predicted molar refractivity (Wildman–Crippen MR) is 85.5 cm³/mol. The van der Waals surface area contributed by atoms with E-state index in [9.17, 15) is 4.79 Å². The van der Waals surface area contributed by atoms with E-state index in [1.807, 2.05) is 30.5 Å². The molecule has 0 fully saturated rings. The molecule has 0 saturated heterocycles. The van der Waals surface area contributed by atoms with Crippen molar-refractivity contribution < 1.29 is 9.21 Å². The van der Waals surface area contributed by atoms with Crippen LogP contribution >= 0.6 is 11.8 Å². The minimum atomic E-state index is -0.100. The van der Waals surface area contributed by atoms with Crippen LogP contribution in [0.3, 0.4) is 0 Å². The number of hydrogen-bond donors (Lipinski definition) is 2. The zero-order valence-corrected chi connectivity index (χ0v) is 12.5. The minimum Gasteiger partial charge on any atom is -0.411 e. The summed E-state index contributed by atoms with van der Waals surface area (Å²) in [6.45, 7) is 3.99. The maximum absolute atomic E-state index is 11.5. The first-order valence-electron chi connectivity index (χ1n) is 6.68. The summed E-state index contributed by atoms with van der Waals surface area (Å²) in [5.74, 6) is 0.562. The number of H-pyrrole nitrogens is 1. The predicted octanol–water partition coefficient (Wildman–Crippen LogP) is 2.61. The number of carbonyl (C=O) groups is 1. The average Bonchev–Trinajstić information content (AvgIpc) is 3.17. The summed E-state index contributed by atoms with van der Waals surface area (Å²) in [5.41, 5.74) is 1.86. The van der Waals surface area contributed by atoms with Crippen LogP contribution < -0.4 is 5.32 Å². The van der Waals surface area contributed by atoms with Gasteiger partial charge >= 0.3 is 0 Å². The summed E-state index contributed by atoms with van der Waals surface area (Å²) >= 11 is 1.21. The fourth-order valence-electron chi connectivity index (χ4n) is 1.99. The van der Waals surface area contributed by atoms with Crippen molar-refractivity contribution in [1.29, 1.82) is 0 Å². The molecular formula is C15H14N4O2S. The van der Waals surface area contributed by atoms with E-state index < -0.39 is 0 Å². The average molecular weight is 314 g/mol. The quantitative estimate of drug-likeness (QED) is 0.540. The molecule has 112 valence electrons. The number of para-hydroxylation sites is 1. The lowest BCUT2D eigenvalue weighted by Gasteiger charge is -1.98. The highest BCUT2D eigenvalue weighted by molar-refractivity contribution is 7.99. The molecule has 22 heavy (non-hydrogen) atoms. The van der Waals surface area contributed by atoms with Crippen LogP contribution in [0.25, 0.3) is 22.4 Å². The molecule has 3 aromatic rings. The van der Waals surface area contributed by atoms with E-state index in [-0.39, 0.29) is 11.7 Å². The SMILES string of the molecule is C=CCNC(=O)CSc1nnc(-c2c[nH]c3ccccc23)o1. The Hall–Kier alpha value is -2.54. The Bertz CT molecular complexity index is 809. The number of hydrogen-bond acceptors (Lipinski definition) is 5. The molecule has 0 spiro atoms. The molecule has 1 amide bonds. The van der Waals surface area contributed by atoms with Crippen molar-refractivity contribution in [3.63, 3.8) is 0 Å². The molecule has 1 aromatic carbocycles. The minimum absolute atomic E-state index is 0.100. The highest BCUT2D eigenvalue weighted by Crippen LogP contribution is 2.29. The van der Waals surface area contributed by atoms with Crippen molar-refractivity contribution in [1.82, 2.24) is 20.5 Å². The molecule has 6 nitrogen and oxygen atoms in total. The van der Waals surface area contributed by atoms with Crippen LogP contribution in [0.2, 0.25) is 0 Å². The zero-order valence-electron chi connectivity index (χ0n) is 11.7. The molecule has 0 atom stereocenters. The first kappa shape index (κ1) is 14.4. The summed E-state index contributed by atoms with van der Waals surface area (Å²) in [6.07, 6.45) is 3.47. The number of rotatable bonds is 6. The van der Waals surface area contributed by atoms with Crippen molar-refractivity contribution in [2.75, 3.05) is 12.3 Å². The van der Waals surface area contributed by atoms with E-state index in [1.165, 1.54) is 11.8 Å². The van der Waals surface area contributed by atoms with Crippen LogP contribution in [-0.2, 0) is 4.79 Å². The third-order valence-electron chi connectivity index (χ3n) is 3.00. The number of nitrogens with zero attached hydrogens (tertiary/aromatic N) is 2. The van der Waals surface area contributed by atoms with Crippen molar-refractivity contribution in [3.05, 3.63) is 43.1 Å². The fraction of sp³-hybridized carbons (Fsp3) is 0.133. The van der Waals surface area contributed by atoms with Gasteiger partial charge in [0, 0.05) is 23.6 Å². The largest absolute Gasteiger partial charge is 0.411 e. The molecule has 0 saturated carbocycles. The molecule has 7 heteroatoms. The lowest BCUT2D eigenvalue weighted by atomic mass is 10.2. The number of aromatic nitrogens is 3. The Morgan fingerprint density at radius 1 is 1.41 bits per heavy atom. The van der Waals surface area contributed by atoms with Gasteiger partial charge < -0.3 is 14.7 Å². The molecular weight excluding hydrogens is 300 g/mol. The number of carbonyl (C=O) groups excluding carboxylic acids is 1. The maximum Gasteiger partial charge on any atom is 0.277 e. The van der Waals surface area contributed by atoms with E-state index in [2.05, 4.69) is 27.1 Å². The van der Waals surface area contributed by atoms with E-state index in [0.29, 0.717) is 17.7 Å². The Balaban J connectivity index is 1.71. The Kier molecular flexibility index (Phi) is 4.24. The smallest absolute Gasteiger partial charge is 0.277 e. The highest BCUT2D eigenvalue weighted by atomic mass is 32.2. The molecule has 3 rings (SSSR count). The number of fused-ring (bicyclic) bond motifs is 1. The Morgan fingerprint density at radius 2 is 2.27 bits per heavy atom. The van der Waals surface area contributed by atoms with Crippen LogP contribution in [0.1, 0.15) is 0 Å². The Morgan fingerprint density at radius 3 is 3.14 bits per heavy atom.